The molecule has 1 heterocycles. The van der Waals surface area contributed by atoms with E-state index in [1.807, 2.05) is 6.07 Å². The number of rotatable bonds is 6. The van der Waals surface area contributed by atoms with E-state index >= 15 is 0 Å². The Morgan fingerprint density at radius 3 is 2.79 bits per heavy atom. The summed E-state index contributed by atoms with van der Waals surface area (Å²) < 4.78 is 24.6. The Balaban J connectivity index is 2.06. The standard InChI is InChI=1S/C15H22FNO2/c1-18-10-3-11-19-15-13(4-2-5-14(15)16)12-6-8-17-9-7-12/h2,4-5,12,17H,3,6-11H2,1H3. The van der Waals surface area contributed by atoms with Gasteiger partial charge in [-0.3, -0.25) is 0 Å². The number of benzene rings is 1. The first-order chi connectivity index (χ1) is 9.33. The summed E-state index contributed by atoms with van der Waals surface area (Å²) in [5.74, 6) is 0.577. The molecule has 4 heteroatoms. The number of halogens is 1. The number of piperidine rings is 1. The molecule has 0 radical (unpaired) electrons. The second-order valence-electron chi connectivity index (χ2n) is 4.88. The lowest BCUT2D eigenvalue weighted by atomic mass is 9.89. The third kappa shape index (κ3) is 3.91. The average Bonchev–Trinajstić information content (AvgIpc) is 2.46. The van der Waals surface area contributed by atoms with Crippen LogP contribution in [0.15, 0.2) is 18.2 Å². The summed E-state index contributed by atoms with van der Waals surface area (Å²) in [7, 11) is 1.66. The molecular formula is C15H22FNO2. The maximum absolute atomic E-state index is 13.9. The summed E-state index contributed by atoms with van der Waals surface area (Å²) in [6, 6.07) is 5.23. The van der Waals surface area contributed by atoms with Crippen molar-refractivity contribution < 1.29 is 13.9 Å². The van der Waals surface area contributed by atoms with Crippen LogP contribution in [0.1, 0.15) is 30.7 Å². The molecule has 0 unspecified atom stereocenters. The molecule has 0 aliphatic carbocycles. The van der Waals surface area contributed by atoms with Gasteiger partial charge in [-0.15, -0.1) is 0 Å². The highest BCUT2D eigenvalue weighted by Gasteiger charge is 2.21. The van der Waals surface area contributed by atoms with Gasteiger partial charge in [-0.05, 0) is 37.9 Å². The number of nitrogens with one attached hydrogen (secondary N) is 1. The first-order valence-corrected chi connectivity index (χ1v) is 6.94. The first-order valence-electron chi connectivity index (χ1n) is 6.94. The molecule has 106 valence electrons. The van der Waals surface area contributed by atoms with Gasteiger partial charge in [0.05, 0.1) is 6.61 Å². The minimum atomic E-state index is -0.256. The van der Waals surface area contributed by atoms with E-state index in [1.165, 1.54) is 6.07 Å². The van der Waals surface area contributed by atoms with Gasteiger partial charge in [0, 0.05) is 25.7 Å². The molecule has 2 rings (SSSR count). The van der Waals surface area contributed by atoms with Crippen LogP contribution in [0.3, 0.4) is 0 Å². The van der Waals surface area contributed by atoms with E-state index in [0.29, 0.717) is 24.9 Å². The molecule has 0 aromatic heterocycles. The molecule has 1 aromatic rings. The molecule has 0 amide bonds. The van der Waals surface area contributed by atoms with Crippen LogP contribution in [0.2, 0.25) is 0 Å². The second-order valence-corrected chi connectivity index (χ2v) is 4.88. The van der Waals surface area contributed by atoms with Gasteiger partial charge in [0.15, 0.2) is 11.6 Å². The summed E-state index contributed by atoms with van der Waals surface area (Å²) in [5.41, 5.74) is 1.01. The van der Waals surface area contributed by atoms with Crippen LogP contribution in [0.5, 0.6) is 5.75 Å². The quantitative estimate of drug-likeness (QED) is 0.804. The van der Waals surface area contributed by atoms with Crippen molar-refractivity contribution in [3.8, 4) is 5.75 Å². The molecule has 0 bridgehead atoms. The zero-order chi connectivity index (χ0) is 13.5. The second kappa shape index (κ2) is 7.46. The van der Waals surface area contributed by atoms with Gasteiger partial charge in [0.1, 0.15) is 0 Å². The third-order valence-electron chi connectivity index (χ3n) is 3.52. The smallest absolute Gasteiger partial charge is 0.165 e. The number of para-hydroxylation sites is 1. The summed E-state index contributed by atoms with van der Waals surface area (Å²) in [5, 5.41) is 3.33. The average molecular weight is 267 g/mol. The Morgan fingerprint density at radius 1 is 1.26 bits per heavy atom. The van der Waals surface area contributed by atoms with Crippen molar-refractivity contribution in [1.82, 2.24) is 5.32 Å². The van der Waals surface area contributed by atoms with Gasteiger partial charge in [0.2, 0.25) is 0 Å². The van der Waals surface area contributed by atoms with Gasteiger partial charge >= 0.3 is 0 Å². The van der Waals surface area contributed by atoms with E-state index in [4.69, 9.17) is 9.47 Å². The normalized spacial score (nSPS) is 16.5. The Morgan fingerprint density at radius 2 is 2.05 bits per heavy atom. The maximum atomic E-state index is 13.9. The summed E-state index contributed by atoms with van der Waals surface area (Å²) in [6.45, 7) is 3.11. The molecule has 1 aromatic carbocycles. The number of ether oxygens (including phenoxy) is 2. The number of hydrogen-bond acceptors (Lipinski definition) is 3. The predicted octanol–water partition coefficient (Wildman–Crippen LogP) is 2.71. The van der Waals surface area contributed by atoms with Crippen molar-refractivity contribution in [3.63, 3.8) is 0 Å². The van der Waals surface area contributed by atoms with Crippen LogP contribution >= 0.6 is 0 Å². The molecule has 1 N–H and O–H groups in total. The predicted molar refractivity (Wildman–Crippen MR) is 73.2 cm³/mol. The van der Waals surface area contributed by atoms with Gasteiger partial charge < -0.3 is 14.8 Å². The molecule has 0 atom stereocenters. The molecule has 1 aliphatic rings. The lowest BCUT2D eigenvalue weighted by molar-refractivity contribution is 0.169. The fraction of sp³-hybridized carbons (Fsp3) is 0.600. The molecular weight excluding hydrogens is 245 g/mol. The van der Waals surface area contributed by atoms with E-state index < -0.39 is 0 Å². The Labute approximate surface area is 114 Å². The molecule has 0 spiro atoms. The summed E-state index contributed by atoms with van der Waals surface area (Å²) in [4.78, 5) is 0. The highest BCUT2D eigenvalue weighted by Crippen LogP contribution is 2.34. The third-order valence-corrected chi connectivity index (χ3v) is 3.52. The topological polar surface area (TPSA) is 30.5 Å². The lowest BCUT2D eigenvalue weighted by Gasteiger charge is -2.25. The molecule has 19 heavy (non-hydrogen) atoms. The van der Waals surface area contributed by atoms with Crippen LogP contribution < -0.4 is 10.1 Å². The molecule has 1 saturated heterocycles. The zero-order valence-electron chi connectivity index (χ0n) is 11.5. The first kappa shape index (κ1) is 14.3. The Hall–Kier alpha value is -1.13. The number of hydrogen-bond donors (Lipinski definition) is 1. The molecule has 0 saturated carbocycles. The molecule has 3 nitrogen and oxygen atoms in total. The van der Waals surface area contributed by atoms with Crippen molar-refractivity contribution >= 4 is 0 Å². The Bertz CT molecular complexity index is 392. The van der Waals surface area contributed by atoms with Gasteiger partial charge in [-0.2, -0.15) is 0 Å². The van der Waals surface area contributed by atoms with Crippen LogP contribution in [-0.2, 0) is 4.74 Å². The van der Waals surface area contributed by atoms with Crippen molar-refractivity contribution in [2.75, 3.05) is 33.4 Å². The van der Waals surface area contributed by atoms with Crippen molar-refractivity contribution in [2.24, 2.45) is 0 Å². The fourth-order valence-electron chi connectivity index (χ4n) is 2.51. The molecule has 1 aliphatic heterocycles. The Kier molecular flexibility index (Phi) is 5.61. The minimum Gasteiger partial charge on any atom is -0.490 e. The van der Waals surface area contributed by atoms with E-state index in [2.05, 4.69) is 5.32 Å². The fourth-order valence-corrected chi connectivity index (χ4v) is 2.51. The van der Waals surface area contributed by atoms with Gasteiger partial charge in [-0.25, -0.2) is 4.39 Å². The van der Waals surface area contributed by atoms with Crippen molar-refractivity contribution in [1.29, 1.82) is 0 Å². The van der Waals surface area contributed by atoms with Crippen molar-refractivity contribution in [2.45, 2.75) is 25.2 Å². The van der Waals surface area contributed by atoms with Crippen LogP contribution in [0.4, 0.5) is 4.39 Å². The van der Waals surface area contributed by atoms with Crippen LogP contribution in [0, 0.1) is 5.82 Å². The molecule has 1 fully saturated rings. The summed E-state index contributed by atoms with van der Waals surface area (Å²) >= 11 is 0. The zero-order valence-corrected chi connectivity index (χ0v) is 11.5. The minimum absolute atomic E-state index is 0.256. The van der Waals surface area contributed by atoms with E-state index in [0.717, 1.165) is 37.9 Å². The summed E-state index contributed by atoms with van der Waals surface area (Å²) in [6.07, 6.45) is 2.85. The van der Waals surface area contributed by atoms with E-state index in [1.54, 1.807) is 13.2 Å². The van der Waals surface area contributed by atoms with E-state index in [9.17, 15) is 4.39 Å². The van der Waals surface area contributed by atoms with Crippen molar-refractivity contribution in [3.05, 3.63) is 29.6 Å². The highest BCUT2D eigenvalue weighted by molar-refractivity contribution is 5.38. The van der Waals surface area contributed by atoms with Crippen LogP contribution in [0.25, 0.3) is 0 Å². The maximum Gasteiger partial charge on any atom is 0.165 e. The SMILES string of the molecule is COCCCOc1c(F)cccc1C1CCNCC1. The number of methoxy groups -OCH3 is 1. The lowest BCUT2D eigenvalue weighted by Crippen LogP contribution is -2.27. The van der Waals surface area contributed by atoms with Gasteiger partial charge in [-0.1, -0.05) is 12.1 Å². The van der Waals surface area contributed by atoms with Crippen LogP contribution in [-0.4, -0.2) is 33.4 Å². The van der Waals surface area contributed by atoms with Gasteiger partial charge in [0.25, 0.3) is 0 Å². The highest BCUT2D eigenvalue weighted by atomic mass is 19.1. The largest absolute Gasteiger partial charge is 0.490 e. The monoisotopic (exact) mass is 267 g/mol. The van der Waals surface area contributed by atoms with E-state index in [-0.39, 0.29) is 5.82 Å².